The summed E-state index contributed by atoms with van der Waals surface area (Å²) in [6.45, 7) is 4.23. The van der Waals surface area contributed by atoms with Gasteiger partial charge in [0.15, 0.2) is 0 Å². The SMILES string of the molecule is CC(Sc1ccc([N+](=O)[O-])cc1)C(=O)NCC1=CCNCC1.Cl. The van der Waals surface area contributed by atoms with Crippen molar-refractivity contribution in [1.29, 1.82) is 0 Å². The molecule has 0 saturated carbocycles. The number of nitro benzene ring substituents is 1. The van der Waals surface area contributed by atoms with E-state index < -0.39 is 4.92 Å². The maximum atomic E-state index is 12.1. The summed E-state index contributed by atoms with van der Waals surface area (Å²) in [7, 11) is 0. The van der Waals surface area contributed by atoms with Crippen LogP contribution < -0.4 is 10.6 Å². The topological polar surface area (TPSA) is 84.3 Å². The molecular formula is C15H20ClN3O3S. The molecule has 0 saturated heterocycles. The molecule has 1 atom stereocenters. The van der Waals surface area contributed by atoms with Crippen LogP contribution in [0.25, 0.3) is 0 Å². The monoisotopic (exact) mass is 357 g/mol. The normalized spacial score (nSPS) is 15.1. The number of rotatable bonds is 6. The molecule has 2 rings (SSSR count). The molecule has 0 fully saturated rings. The summed E-state index contributed by atoms with van der Waals surface area (Å²) in [5.41, 5.74) is 1.30. The Bertz CT molecular complexity index is 578. The summed E-state index contributed by atoms with van der Waals surface area (Å²) < 4.78 is 0. The number of nitrogens with zero attached hydrogens (tertiary/aromatic N) is 1. The van der Waals surface area contributed by atoms with E-state index in [2.05, 4.69) is 16.7 Å². The van der Waals surface area contributed by atoms with Crippen molar-refractivity contribution in [1.82, 2.24) is 10.6 Å². The van der Waals surface area contributed by atoms with Gasteiger partial charge in [0.1, 0.15) is 0 Å². The molecule has 6 nitrogen and oxygen atoms in total. The molecule has 1 aromatic rings. The lowest BCUT2D eigenvalue weighted by Crippen LogP contribution is -2.34. The van der Waals surface area contributed by atoms with Crippen LogP contribution in [0.3, 0.4) is 0 Å². The number of nitrogens with one attached hydrogen (secondary N) is 2. The van der Waals surface area contributed by atoms with E-state index in [0.29, 0.717) is 6.54 Å². The Hall–Kier alpha value is -1.57. The molecule has 0 radical (unpaired) electrons. The first kappa shape index (κ1) is 19.5. The molecule has 1 amide bonds. The van der Waals surface area contributed by atoms with E-state index in [9.17, 15) is 14.9 Å². The average molecular weight is 358 g/mol. The van der Waals surface area contributed by atoms with Gasteiger partial charge in [-0.3, -0.25) is 14.9 Å². The van der Waals surface area contributed by atoms with E-state index in [1.807, 2.05) is 6.92 Å². The van der Waals surface area contributed by atoms with Gasteiger partial charge < -0.3 is 10.6 Å². The minimum Gasteiger partial charge on any atom is -0.351 e. The summed E-state index contributed by atoms with van der Waals surface area (Å²) in [5.74, 6) is -0.0252. The van der Waals surface area contributed by atoms with Crippen LogP contribution in [-0.2, 0) is 4.79 Å². The lowest BCUT2D eigenvalue weighted by atomic mass is 10.1. The van der Waals surface area contributed by atoms with Gasteiger partial charge in [-0.25, -0.2) is 0 Å². The molecule has 0 bridgehead atoms. The van der Waals surface area contributed by atoms with E-state index >= 15 is 0 Å². The van der Waals surface area contributed by atoms with Gasteiger partial charge in [-0.1, -0.05) is 11.6 Å². The molecule has 2 N–H and O–H groups in total. The molecule has 1 heterocycles. The van der Waals surface area contributed by atoms with E-state index in [1.54, 1.807) is 12.1 Å². The standard InChI is InChI=1S/C15H19N3O3S.ClH/c1-11(15(19)17-10-12-6-8-16-9-7-12)22-14-4-2-13(3-5-14)18(20)21;/h2-6,11,16H,7-10H2,1H3,(H,17,19);1H. The van der Waals surface area contributed by atoms with Gasteiger partial charge >= 0.3 is 0 Å². The maximum Gasteiger partial charge on any atom is 0.269 e. The van der Waals surface area contributed by atoms with Crippen LogP contribution in [0.1, 0.15) is 13.3 Å². The van der Waals surface area contributed by atoms with Crippen molar-refractivity contribution in [2.75, 3.05) is 19.6 Å². The fourth-order valence-corrected chi connectivity index (χ4v) is 2.97. The Balaban J connectivity index is 0.00000264. The van der Waals surface area contributed by atoms with Crippen molar-refractivity contribution in [3.8, 4) is 0 Å². The molecule has 1 unspecified atom stereocenters. The number of halogens is 1. The van der Waals surface area contributed by atoms with Crippen molar-refractivity contribution in [2.45, 2.75) is 23.5 Å². The van der Waals surface area contributed by atoms with Crippen LogP contribution in [-0.4, -0.2) is 35.7 Å². The maximum absolute atomic E-state index is 12.1. The van der Waals surface area contributed by atoms with Gasteiger partial charge in [-0.05, 0) is 32.0 Å². The molecule has 1 aromatic carbocycles. The van der Waals surface area contributed by atoms with Gasteiger partial charge in [-0.2, -0.15) is 0 Å². The number of carbonyl (C=O) groups excluding carboxylic acids is 1. The Morgan fingerprint density at radius 3 is 2.70 bits per heavy atom. The Labute approximate surface area is 145 Å². The molecule has 8 heteroatoms. The van der Waals surface area contributed by atoms with Crippen molar-refractivity contribution >= 4 is 35.8 Å². The minimum atomic E-state index is -0.433. The second-order valence-electron chi connectivity index (χ2n) is 5.05. The highest BCUT2D eigenvalue weighted by atomic mass is 35.5. The third-order valence-corrected chi connectivity index (χ3v) is 4.49. The average Bonchev–Trinajstić information content (AvgIpc) is 2.54. The first-order chi connectivity index (χ1) is 10.6. The number of amides is 1. The second kappa shape index (κ2) is 9.54. The molecule has 1 aliphatic heterocycles. The van der Waals surface area contributed by atoms with Gasteiger partial charge in [0.05, 0.1) is 10.2 Å². The zero-order valence-electron chi connectivity index (χ0n) is 12.8. The molecule has 0 aromatic heterocycles. The first-order valence-corrected chi connectivity index (χ1v) is 8.01. The van der Waals surface area contributed by atoms with Crippen LogP contribution in [0.4, 0.5) is 5.69 Å². The third-order valence-electron chi connectivity index (χ3n) is 3.38. The predicted molar refractivity (Wildman–Crippen MR) is 94.2 cm³/mol. The number of nitro groups is 1. The summed E-state index contributed by atoms with van der Waals surface area (Å²) in [6.07, 6.45) is 3.07. The van der Waals surface area contributed by atoms with E-state index in [0.717, 1.165) is 24.4 Å². The number of non-ortho nitro benzene ring substituents is 1. The third kappa shape index (κ3) is 6.21. The van der Waals surface area contributed by atoms with Crippen LogP contribution in [0, 0.1) is 10.1 Å². The van der Waals surface area contributed by atoms with Crippen molar-refractivity contribution < 1.29 is 9.72 Å². The van der Waals surface area contributed by atoms with Gasteiger partial charge in [-0.15, -0.1) is 24.2 Å². The summed E-state index contributed by atoms with van der Waals surface area (Å²) >= 11 is 1.39. The second-order valence-corrected chi connectivity index (χ2v) is 6.46. The Morgan fingerprint density at radius 1 is 1.43 bits per heavy atom. The molecule has 126 valence electrons. The summed E-state index contributed by atoms with van der Waals surface area (Å²) in [6, 6.07) is 6.24. The van der Waals surface area contributed by atoms with Crippen LogP contribution in [0.15, 0.2) is 40.8 Å². The van der Waals surface area contributed by atoms with Crippen LogP contribution in [0.2, 0.25) is 0 Å². The molecular weight excluding hydrogens is 338 g/mol. The number of benzene rings is 1. The lowest BCUT2D eigenvalue weighted by Gasteiger charge is -2.16. The molecule has 0 aliphatic carbocycles. The Morgan fingerprint density at radius 2 is 2.13 bits per heavy atom. The highest BCUT2D eigenvalue weighted by Gasteiger charge is 2.15. The van der Waals surface area contributed by atoms with Crippen LogP contribution in [0.5, 0.6) is 0 Å². The van der Waals surface area contributed by atoms with Gasteiger partial charge in [0.2, 0.25) is 5.91 Å². The molecule has 23 heavy (non-hydrogen) atoms. The van der Waals surface area contributed by atoms with Crippen molar-refractivity contribution in [3.63, 3.8) is 0 Å². The quantitative estimate of drug-likeness (QED) is 0.354. The zero-order valence-corrected chi connectivity index (χ0v) is 14.4. The van der Waals surface area contributed by atoms with Crippen LogP contribution >= 0.6 is 24.2 Å². The number of hydrogen-bond donors (Lipinski definition) is 2. The highest BCUT2D eigenvalue weighted by Crippen LogP contribution is 2.25. The van der Waals surface area contributed by atoms with Gasteiger partial charge in [0, 0.05) is 30.1 Å². The first-order valence-electron chi connectivity index (χ1n) is 7.13. The van der Waals surface area contributed by atoms with E-state index in [-0.39, 0.29) is 29.3 Å². The largest absolute Gasteiger partial charge is 0.351 e. The predicted octanol–water partition coefficient (Wildman–Crippen LogP) is 2.53. The highest BCUT2D eigenvalue weighted by molar-refractivity contribution is 8.00. The summed E-state index contributed by atoms with van der Waals surface area (Å²) in [5, 5.41) is 16.5. The lowest BCUT2D eigenvalue weighted by molar-refractivity contribution is -0.384. The fraction of sp³-hybridized carbons (Fsp3) is 0.400. The fourth-order valence-electron chi connectivity index (χ4n) is 2.08. The van der Waals surface area contributed by atoms with E-state index in [4.69, 9.17) is 0 Å². The number of hydrogen-bond acceptors (Lipinski definition) is 5. The summed E-state index contributed by atoms with van der Waals surface area (Å²) in [4.78, 5) is 23.1. The van der Waals surface area contributed by atoms with E-state index in [1.165, 1.54) is 29.5 Å². The molecule has 0 spiro atoms. The minimum absolute atomic E-state index is 0. The number of thioether (sulfide) groups is 1. The van der Waals surface area contributed by atoms with Crippen molar-refractivity contribution in [3.05, 3.63) is 46.0 Å². The smallest absolute Gasteiger partial charge is 0.269 e. The van der Waals surface area contributed by atoms with Crippen molar-refractivity contribution in [2.24, 2.45) is 0 Å². The zero-order chi connectivity index (χ0) is 15.9. The Kier molecular flexibility index (Phi) is 8.08. The molecule has 1 aliphatic rings. The number of carbonyl (C=O) groups is 1. The van der Waals surface area contributed by atoms with Gasteiger partial charge in [0.25, 0.3) is 5.69 Å².